The topological polar surface area (TPSA) is 67.6 Å². The third-order valence-electron chi connectivity index (χ3n) is 3.33. The van der Waals surface area contributed by atoms with Crippen LogP contribution in [0.25, 0.3) is 0 Å². The van der Waals surface area contributed by atoms with Gasteiger partial charge in [-0.05, 0) is 24.6 Å². The SMILES string of the molecule is CCC(C(=O)Nc1cccc(N)c1)N1CCOCC1. The number of nitrogens with zero attached hydrogens (tertiary/aromatic N) is 1. The average molecular weight is 263 g/mol. The molecule has 0 spiro atoms. The quantitative estimate of drug-likeness (QED) is 0.804. The summed E-state index contributed by atoms with van der Waals surface area (Å²) in [5.74, 6) is 0.0231. The number of hydrogen-bond donors (Lipinski definition) is 2. The number of benzene rings is 1. The van der Waals surface area contributed by atoms with Crippen molar-refractivity contribution >= 4 is 17.3 Å². The second kappa shape index (κ2) is 6.54. The van der Waals surface area contributed by atoms with Crippen molar-refractivity contribution in [2.24, 2.45) is 0 Å². The van der Waals surface area contributed by atoms with Crippen LogP contribution in [-0.4, -0.2) is 43.2 Å². The molecule has 1 heterocycles. The van der Waals surface area contributed by atoms with Crippen molar-refractivity contribution in [3.8, 4) is 0 Å². The molecule has 1 saturated heterocycles. The van der Waals surface area contributed by atoms with E-state index in [-0.39, 0.29) is 11.9 Å². The van der Waals surface area contributed by atoms with Gasteiger partial charge in [0.15, 0.2) is 0 Å². The number of nitrogen functional groups attached to an aromatic ring is 1. The summed E-state index contributed by atoms with van der Waals surface area (Å²) in [5, 5.41) is 2.93. The molecule has 0 bridgehead atoms. The van der Waals surface area contributed by atoms with Crippen LogP contribution in [-0.2, 0) is 9.53 Å². The molecule has 5 nitrogen and oxygen atoms in total. The number of rotatable bonds is 4. The third kappa shape index (κ3) is 3.68. The molecular weight excluding hydrogens is 242 g/mol. The summed E-state index contributed by atoms with van der Waals surface area (Å²) < 4.78 is 5.32. The molecule has 0 saturated carbocycles. The molecule has 0 aromatic heterocycles. The van der Waals surface area contributed by atoms with Gasteiger partial charge in [-0.15, -0.1) is 0 Å². The molecule has 5 heteroatoms. The first-order valence-corrected chi connectivity index (χ1v) is 6.69. The van der Waals surface area contributed by atoms with Gasteiger partial charge in [0, 0.05) is 24.5 Å². The second-order valence-corrected chi connectivity index (χ2v) is 4.69. The number of anilines is 2. The first-order chi connectivity index (χ1) is 9.20. The fraction of sp³-hybridized carbons (Fsp3) is 0.500. The number of amides is 1. The summed E-state index contributed by atoms with van der Waals surface area (Å²) in [6.45, 7) is 5.04. The zero-order valence-corrected chi connectivity index (χ0v) is 11.3. The fourth-order valence-electron chi connectivity index (χ4n) is 2.34. The van der Waals surface area contributed by atoms with Crippen molar-refractivity contribution in [1.82, 2.24) is 4.90 Å². The van der Waals surface area contributed by atoms with Crippen molar-refractivity contribution in [2.45, 2.75) is 19.4 Å². The van der Waals surface area contributed by atoms with E-state index >= 15 is 0 Å². The number of nitrogens with two attached hydrogens (primary N) is 1. The monoisotopic (exact) mass is 263 g/mol. The van der Waals surface area contributed by atoms with Crippen LogP contribution in [0.1, 0.15) is 13.3 Å². The van der Waals surface area contributed by atoms with E-state index in [2.05, 4.69) is 10.2 Å². The number of nitrogens with one attached hydrogen (secondary N) is 1. The van der Waals surface area contributed by atoms with Gasteiger partial charge in [0.1, 0.15) is 0 Å². The van der Waals surface area contributed by atoms with Crippen LogP contribution in [0, 0.1) is 0 Å². The van der Waals surface area contributed by atoms with Crippen molar-refractivity contribution in [1.29, 1.82) is 0 Å². The number of carbonyl (C=O) groups excluding carboxylic acids is 1. The van der Waals surface area contributed by atoms with E-state index < -0.39 is 0 Å². The number of hydrogen-bond acceptors (Lipinski definition) is 4. The predicted molar refractivity (Wildman–Crippen MR) is 76.0 cm³/mol. The van der Waals surface area contributed by atoms with Crippen molar-refractivity contribution in [3.05, 3.63) is 24.3 Å². The molecule has 1 unspecified atom stereocenters. The molecule has 2 rings (SSSR count). The molecule has 1 aromatic carbocycles. The van der Waals surface area contributed by atoms with Crippen molar-refractivity contribution < 1.29 is 9.53 Å². The first-order valence-electron chi connectivity index (χ1n) is 6.69. The highest BCUT2D eigenvalue weighted by molar-refractivity contribution is 5.95. The molecular formula is C14H21N3O2. The molecule has 104 valence electrons. The minimum absolute atomic E-state index is 0.0231. The number of carbonyl (C=O) groups is 1. The highest BCUT2D eigenvalue weighted by Gasteiger charge is 2.25. The van der Waals surface area contributed by atoms with Crippen LogP contribution >= 0.6 is 0 Å². The van der Waals surface area contributed by atoms with Crippen molar-refractivity contribution in [2.75, 3.05) is 37.4 Å². The Hall–Kier alpha value is -1.59. The Balaban J connectivity index is 2.00. The zero-order chi connectivity index (χ0) is 13.7. The minimum atomic E-state index is -0.106. The smallest absolute Gasteiger partial charge is 0.241 e. The average Bonchev–Trinajstić information content (AvgIpc) is 2.41. The van der Waals surface area contributed by atoms with E-state index in [9.17, 15) is 4.79 Å². The summed E-state index contributed by atoms with van der Waals surface area (Å²) in [6.07, 6.45) is 0.786. The molecule has 1 amide bonds. The maximum absolute atomic E-state index is 12.3. The minimum Gasteiger partial charge on any atom is -0.399 e. The Labute approximate surface area is 113 Å². The lowest BCUT2D eigenvalue weighted by Crippen LogP contribution is -2.48. The Kier molecular flexibility index (Phi) is 4.76. The first kappa shape index (κ1) is 13.8. The van der Waals surface area contributed by atoms with Gasteiger partial charge in [-0.25, -0.2) is 0 Å². The lowest BCUT2D eigenvalue weighted by atomic mass is 10.1. The maximum atomic E-state index is 12.3. The zero-order valence-electron chi connectivity index (χ0n) is 11.3. The van der Waals surface area contributed by atoms with E-state index in [4.69, 9.17) is 10.5 Å². The maximum Gasteiger partial charge on any atom is 0.241 e. The Morgan fingerprint density at radius 1 is 1.47 bits per heavy atom. The van der Waals surface area contributed by atoms with E-state index in [1.807, 2.05) is 19.1 Å². The fourth-order valence-corrected chi connectivity index (χ4v) is 2.34. The predicted octanol–water partition coefficient (Wildman–Crippen LogP) is 1.32. The molecule has 1 atom stereocenters. The highest BCUT2D eigenvalue weighted by atomic mass is 16.5. The van der Waals surface area contributed by atoms with Crippen LogP contribution in [0.2, 0.25) is 0 Å². The summed E-state index contributed by atoms with van der Waals surface area (Å²) in [5.41, 5.74) is 7.10. The molecule has 1 aromatic rings. The summed E-state index contributed by atoms with van der Waals surface area (Å²) in [4.78, 5) is 14.5. The molecule has 1 aliphatic heterocycles. The van der Waals surface area contributed by atoms with E-state index in [1.54, 1.807) is 12.1 Å². The number of ether oxygens (including phenoxy) is 1. The normalized spacial score (nSPS) is 17.9. The van der Waals surface area contributed by atoms with Crippen LogP contribution in [0.3, 0.4) is 0 Å². The number of morpholine rings is 1. The molecule has 0 radical (unpaired) electrons. The summed E-state index contributed by atoms with van der Waals surface area (Å²) in [6, 6.07) is 7.14. The molecule has 19 heavy (non-hydrogen) atoms. The van der Waals surface area contributed by atoms with Crippen molar-refractivity contribution in [3.63, 3.8) is 0 Å². The van der Waals surface area contributed by atoms with Gasteiger partial charge in [0.25, 0.3) is 0 Å². The highest BCUT2D eigenvalue weighted by Crippen LogP contribution is 2.14. The lowest BCUT2D eigenvalue weighted by molar-refractivity contribution is -0.123. The van der Waals surface area contributed by atoms with Crippen LogP contribution in [0.5, 0.6) is 0 Å². The van der Waals surface area contributed by atoms with Gasteiger partial charge >= 0.3 is 0 Å². The van der Waals surface area contributed by atoms with Crippen LogP contribution < -0.4 is 11.1 Å². The van der Waals surface area contributed by atoms with Gasteiger partial charge < -0.3 is 15.8 Å². The van der Waals surface area contributed by atoms with Crippen LogP contribution in [0.15, 0.2) is 24.3 Å². The summed E-state index contributed by atoms with van der Waals surface area (Å²) in [7, 11) is 0. The Morgan fingerprint density at radius 3 is 2.84 bits per heavy atom. The standard InChI is InChI=1S/C14H21N3O2/c1-2-13(17-6-8-19-9-7-17)14(18)16-12-5-3-4-11(15)10-12/h3-5,10,13H,2,6-9,15H2,1H3,(H,16,18). The van der Waals surface area contributed by atoms with Gasteiger partial charge in [0.2, 0.25) is 5.91 Å². The van der Waals surface area contributed by atoms with E-state index in [1.165, 1.54) is 0 Å². The van der Waals surface area contributed by atoms with Crippen LogP contribution in [0.4, 0.5) is 11.4 Å². The summed E-state index contributed by atoms with van der Waals surface area (Å²) >= 11 is 0. The lowest BCUT2D eigenvalue weighted by Gasteiger charge is -2.32. The van der Waals surface area contributed by atoms with Gasteiger partial charge in [0.05, 0.1) is 19.3 Å². The van der Waals surface area contributed by atoms with Gasteiger partial charge in [-0.3, -0.25) is 9.69 Å². The van der Waals surface area contributed by atoms with Gasteiger partial charge in [-0.2, -0.15) is 0 Å². The van der Waals surface area contributed by atoms with Gasteiger partial charge in [-0.1, -0.05) is 13.0 Å². The second-order valence-electron chi connectivity index (χ2n) is 4.69. The molecule has 1 aliphatic rings. The molecule has 3 N–H and O–H groups in total. The molecule has 1 fully saturated rings. The van der Waals surface area contributed by atoms with E-state index in [0.717, 1.165) is 25.2 Å². The largest absolute Gasteiger partial charge is 0.399 e. The third-order valence-corrected chi connectivity index (χ3v) is 3.33. The molecule has 0 aliphatic carbocycles. The Morgan fingerprint density at radius 2 is 2.21 bits per heavy atom. The Bertz CT molecular complexity index is 430. The van der Waals surface area contributed by atoms with E-state index in [0.29, 0.717) is 18.9 Å².